The van der Waals surface area contributed by atoms with Gasteiger partial charge >= 0.3 is 0 Å². The van der Waals surface area contributed by atoms with Crippen molar-refractivity contribution in [3.05, 3.63) is 65.0 Å². The molecule has 0 saturated carbocycles. The van der Waals surface area contributed by atoms with Crippen molar-refractivity contribution in [2.24, 2.45) is 0 Å². The maximum absolute atomic E-state index is 9.10. The Morgan fingerprint density at radius 3 is 2.69 bits per heavy atom. The number of nitrogens with one attached hydrogen (secondary N) is 1. The highest BCUT2D eigenvalue weighted by molar-refractivity contribution is 5.85. The normalized spacial score (nSPS) is 10.7. The molecule has 0 aliphatic carbocycles. The maximum atomic E-state index is 9.10. The van der Waals surface area contributed by atoms with E-state index in [4.69, 9.17) is 5.11 Å². The Morgan fingerprint density at radius 2 is 1.96 bits per heavy atom. The smallest absolute Gasteiger partial charge is 0.137 e. The number of aliphatic hydroxyl groups excluding tert-OH is 1. The second kappa shape index (κ2) is 9.47. The molecule has 0 saturated heterocycles. The van der Waals surface area contributed by atoms with Gasteiger partial charge in [-0.3, -0.25) is 4.68 Å². The molecule has 0 fully saturated rings. The Hall–Kier alpha value is -2.22. The third kappa shape index (κ3) is 4.91. The highest BCUT2D eigenvalue weighted by Crippen LogP contribution is 2.13. The van der Waals surface area contributed by atoms with Crippen LogP contribution in [-0.2, 0) is 26.2 Å². The zero-order valence-corrected chi connectivity index (χ0v) is 15.9. The molecular formula is C18H25ClN6O. The van der Waals surface area contributed by atoms with Crippen LogP contribution in [0.4, 0.5) is 0 Å². The first-order chi connectivity index (χ1) is 12.2. The lowest BCUT2D eigenvalue weighted by molar-refractivity contribution is 0.267. The summed E-state index contributed by atoms with van der Waals surface area (Å²) in [5.41, 5.74) is 5.76. The second-order valence-corrected chi connectivity index (χ2v) is 6.11. The van der Waals surface area contributed by atoms with Gasteiger partial charge in [-0.2, -0.15) is 10.2 Å². The number of aromatic nitrogens is 5. The van der Waals surface area contributed by atoms with Crippen LogP contribution in [0.15, 0.2) is 36.9 Å². The summed E-state index contributed by atoms with van der Waals surface area (Å²) in [5, 5.41) is 21.2. The summed E-state index contributed by atoms with van der Waals surface area (Å²) in [6, 6.07) is 8.47. The van der Waals surface area contributed by atoms with E-state index in [1.807, 2.05) is 23.2 Å². The van der Waals surface area contributed by atoms with Crippen molar-refractivity contribution in [2.45, 2.75) is 40.0 Å². The number of rotatable bonds is 8. The first-order valence-electron chi connectivity index (χ1n) is 8.42. The van der Waals surface area contributed by atoms with Crippen LogP contribution in [0.5, 0.6) is 0 Å². The van der Waals surface area contributed by atoms with Crippen molar-refractivity contribution in [1.29, 1.82) is 0 Å². The molecule has 3 rings (SSSR count). The monoisotopic (exact) mass is 376 g/mol. The first-order valence-corrected chi connectivity index (χ1v) is 8.42. The highest BCUT2D eigenvalue weighted by atomic mass is 35.5. The summed E-state index contributed by atoms with van der Waals surface area (Å²) in [6.07, 6.45) is 3.27. The Kier molecular flexibility index (Phi) is 7.32. The molecule has 0 unspecified atom stereocenters. The van der Waals surface area contributed by atoms with Crippen molar-refractivity contribution in [1.82, 2.24) is 29.9 Å². The Balaban J connectivity index is 0.00000243. The number of hydrogen-bond donors (Lipinski definition) is 2. The zero-order valence-electron chi connectivity index (χ0n) is 15.1. The predicted molar refractivity (Wildman–Crippen MR) is 102 cm³/mol. The van der Waals surface area contributed by atoms with Crippen molar-refractivity contribution in [2.75, 3.05) is 6.61 Å². The average Bonchev–Trinajstić information content (AvgIpc) is 3.19. The summed E-state index contributed by atoms with van der Waals surface area (Å²) >= 11 is 0. The van der Waals surface area contributed by atoms with Gasteiger partial charge in [0.1, 0.15) is 12.7 Å². The molecule has 0 spiro atoms. The lowest BCUT2D eigenvalue weighted by atomic mass is 10.1. The Morgan fingerprint density at radius 1 is 1.15 bits per heavy atom. The van der Waals surface area contributed by atoms with Gasteiger partial charge < -0.3 is 10.4 Å². The SMILES string of the molecule is Cc1nn(CCO)c(C)c1CNCc1cccc(Cn2cncn2)c1.Cl. The van der Waals surface area contributed by atoms with E-state index in [-0.39, 0.29) is 19.0 Å². The summed E-state index contributed by atoms with van der Waals surface area (Å²) in [5.74, 6) is 0. The van der Waals surface area contributed by atoms with E-state index in [9.17, 15) is 0 Å². The van der Waals surface area contributed by atoms with E-state index >= 15 is 0 Å². The highest BCUT2D eigenvalue weighted by Gasteiger charge is 2.10. The molecule has 0 bridgehead atoms. The van der Waals surface area contributed by atoms with Gasteiger partial charge in [-0.15, -0.1) is 12.4 Å². The first kappa shape index (κ1) is 20.1. The van der Waals surface area contributed by atoms with Crippen LogP contribution in [0.25, 0.3) is 0 Å². The lowest BCUT2D eigenvalue weighted by Crippen LogP contribution is -2.14. The number of benzene rings is 1. The fraction of sp³-hybridized carbons (Fsp3) is 0.389. The molecule has 0 aliphatic heterocycles. The third-order valence-electron chi connectivity index (χ3n) is 4.28. The molecule has 2 heterocycles. The van der Waals surface area contributed by atoms with Gasteiger partial charge in [0.25, 0.3) is 0 Å². The van der Waals surface area contributed by atoms with Crippen LogP contribution in [0, 0.1) is 13.8 Å². The van der Waals surface area contributed by atoms with Crippen molar-refractivity contribution in [3.63, 3.8) is 0 Å². The van der Waals surface area contributed by atoms with Crippen molar-refractivity contribution >= 4 is 12.4 Å². The second-order valence-electron chi connectivity index (χ2n) is 6.11. The molecule has 1 aromatic carbocycles. The van der Waals surface area contributed by atoms with E-state index in [0.717, 1.165) is 31.0 Å². The quantitative estimate of drug-likeness (QED) is 0.627. The van der Waals surface area contributed by atoms with Crippen LogP contribution < -0.4 is 5.32 Å². The minimum absolute atomic E-state index is 0. The molecule has 2 N–H and O–H groups in total. The van der Waals surface area contributed by atoms with Crippen molar-refractivity contribution < 1.29 is 5.11 Å². The van der Waals surface area contributed by atoms with Crippen LogP contribution in [0.3, 0.4) is 0 Å². The molecule has 26 heavy (non-hydrogen) atoms. The molecule has 140 valence electrons. The van der Waals surface area contributed by atoms with Crippen molar-refractivity contribution in [3.8, 4) is 0 Å². The largest absolute Gasteiger partial charge is 0.394 e. The molecule has 0 aliphatic rings. The minimum Gasteiger partial charge on any atom is -0.394 e. The predicted octanol–water partition coefficient (Wildman–Crippen LogP) is 1.84. The van der Waals surface area contributed by atoms with Gasteiger partial charge in [0, 0.05) is 24.3 Å². The van der Waals surface area contributed by atoms with Gasteiger partial charge in [-0.05, 0) is 25.0 Å². The van der Waals surface area contributed by atoms with Crippen LogP contribution in [-0.4, -0.2) is 36.3 Å². The van der Waals surface area contributed by atoms with Gasteiger partial charge in [0.05, 0.1) is 25.4 Å². The molecular weight excluding hydrogens is 352 g/mol. The van der Waals surface area contributed by atoms with E-state index < -0.39 is 0 Å². The fourth-order valence-electron chi connectivity index (χ4n) is 2.97. The fourth-order valence-corrected chi connectivity index (χ4v) is 2.97. The number of halogens is 1. The average molecular weight is 377 g/mol. The molecule has 0 atom stereocenters. The van der Waals surface area contributed by atoms with Crippen LogP contribution in [0.1, 0.15) is 28.1 Å². The van der Waals surface area contributed by atoms with Gasteiger partial charge in [0.15, 0.2) is 0 Å². The maximum Gasteiger partial charge on any atom is 0.137 e. The zero-order chi connectivity index (χ0) is 17.6. The van der Waals surface area contributed by atoms with E-state index in [2.05, 4.69) is 44.8 Å². The number of nitrogens with zero attached hydrogens (tertiary/aromatic N) is 5. The van der Waals surface area contributed by atoms with E-state index in [1.165, 1.54) is 16.7 Å². The summed E-state index contributed by atoms with van der Waals surface area (Å²) in [6.45, 7) is 6.97. The third-order valence-corrected chi connectivity index (χ3v) is 4.28. The number of aryl methyl sites for hydroxylation is 1. The lowest BCUT2D eigenvalue weighted by Gasteiger charge is -2.08. The van der Waals surface area contributed by atoms with Gasteiger partial charge in [-0.25, -0.2) is 9.67 Å². The van der Waals surface area contributed by atoms with Gasteiger partial charge in [-0.1, -0.05) is 24.3 Å². The summed E-state index contributed by atoms with van der Waals surface area (Å²) in [7, 11) is 0. The molecule has 7 nitrogen and oxygen atoms in total. The van der Waals surface area contributed by atoms with E-state index in [1.54, 1.807) is 12.7 Å². The van der Waals surface area contributed by atoms with Crippen LogP contribution >= 0.6 is 12.4 Å². The molecule has 2 aromatic heterocycles. The number of aliphatic hydroxyl groups is 1. The summed E-state index contributed by atoms with van der Waals surface area (Å²) < 4.78 is 3.68. The molecule has 3 aromatic rings. The molecule has 0 amide bonds. The minimum atomic E-state index is 0. The Bertz CT molecular complexity index is 815. The van der Waals surface area contributed by atoms with Gasteiger partial charge in [0.2, 0.25) is 0 Å². The standard InChI is InChI=1S/C18H24N6O.ClH/c1-14-18(15(2)24(22-14)6-7-25)10-19-9-16-4-3-5-17(8-16)11-23-13-20-12-21-23;/h3-5,8,12-13,19,25H,6-7,9-11H2,1-2H3;1H. The van der Waals surface area contributed by atoms with E-state index in [0.29, 0.717) is 6.54 Å². The number of hydrogen-bond acceptors (Lipinski definition) is 5. The van der Waals surface area contributed by atoms with Crippen LogP contribution in [0.2, 0.25) is 0 Å². The summed E-state index contributed by atoms with van der Waals surface area (Å²) in [4.78, 5) is 3.97. The Labute approximate surface area is 159 Å². The molecule has 0 radical (unpaired) electrons. The molecule has 8 heteroatoms. The topological polar surface area (TPSA) is 80.8 Å².